The van der Waals surface area contributed by atoms with Gasteiger partial charge in [-0.2, -0.15) is 0 Å². The summed E-state index contributed by atoms with van der Waals surface area (Å²) < 4.78 is 0. The summed E-state index contributed by atoms with van der Waals surface area (Å²) in [7, 11) is 0. The fraction of sp³-hybridized carbons (Fsp3) is 0.406. The standard InChI is InChI=1S/C32H41N3.3ClH.Co/c1-10-25-14-20(5)15-26(11-2)31(25)33-23(8)29-18-22(7)19-30(35-29)24(9)34-32-27(12-3)16-21(6)17-28(32)13-4;;;;/h14-19H,10-13H2,1-9H3;3*1H;/q;;;;+3/p-3. The predicted octanol–water partition coefficient (Wildman–Crippen LogP) is -0.453. The van der Waals surface area contributed by atoms with Gasteiger partial charge in [-0.25, -0.2) is 4.98 Å². The quantitative estimate of drug-likeness (QED) is 0.310. The third kappa shape index (κ3) is 9.72. The van der Waals surface area contributed by atoms with E-state index in [1.54, 1.807) is 0 Å². The molecular weight excluding hydrogens is 592 g/mol. The Morgan fingerprint density at radius 3 is 1.05 bits per heavy atom. The normalized spacial score (nSPS) is 11.1. The number of benzene rings is 2. The average molecular weight is 633 g/mol. The van der Waals surface area contributed by atoms with Crippen molar-refractivity contribution in [3.63, 3.8) is 0 Å². The summed E-state index contributed by atoms with van der Waals surface area (Å²) in [6.45, 7) is 19.4. The van der Waals surface area contributed by atoms with Crippen molar-refractivity contribution in [1.82, 2.24) is 4.98 Å². The summed E-state index contributed by atoms with van der Waals surface area (Å²) in [5.74, 6) is 0. The van der Waals surface area contributed by atoms with Gasteiger partial charge in [0, 0.05) is 0 Å². The van der Waals surface area contributed by atoms with Crippen LogP contribution in [0.2, 0.25) is 0 Å². The molecule has 3 rings (SSSR count). The van der Waals surface area contributed by atoms with Gasteiger partial charge in [0.1, 0.15) is 0 Å². The van der Waals surface area contributed by atoms with Crippen molar-refractivity contribution >= 4 is 22.8 Å². The van der Waals surface area contributed by atoms with Crippen molar-refractivity contribution in [3.05, 3.63) is 86.7 Å². The Morgan fingerprint density at radius 2 is 0.795 bits per heavy atom. The summed E-state index contributed by atoms with van der Waals surface area (Å²) in [5, 5.41) is 0. The first-order valence-electron chi connectivity index (χ1n) is 13.0. The molecule has 0 N–H and O–H groups in total. The third-order valence-corrected chi connectivity index (χ3v) is 6.62. The summed E-state index contributed by atoms with van der Waals surface area (Å²) in [4.78, 5) is 15.3. The van der Waals surface area contributed by atoms with Crippen molar-refractivity contribution < 1.29 is 54.0 Å². The Morgan fingerprint density at radius 1 is 0.538 bits per heavy atom. The van der Waals surface area contributed by atoms with Crippen LogP contribution in [-0.4, -0.2) is 16.4 Å². The fourth-order valence-corrected chi connectivity index (χ4v) is 4.72. The van der Waals surface area contributed by atoms with Gasteiger partial charge in [0.05, 0.1) is 34.2 Å². The molecule has 0 aliphatic rings. The molecular formula is C32H41Cl3CoN3. The van der Waals surface area contributed by atoms with E-state index in [9.17, 15) is 0 Å². The Bertz CT molecular complexity index is 1150. The summed E-state index contributed by atoms with van der Waals surface area (Å²) >= 11 is 0. The first-order valence-corrected chi connectivity index (χ1v) is 13.0. The zero-order valence-electron chi connectivity index (χ0n) is 24.6. The molecule has 0 spiro atoms. The van der Waals surface area contributed by atoms with Gasteiger partial charge in [-0.3, -0.25) is 9.98 Å². The van der Waals surface area contributed by atoms with Crippen molar-refractivity contribution in [1.29, 1.82) is 0 Å². The van der Waals surface area contributed by atoms with E-state index in [-0.39, 0.29) is 54.0 Å². The van der Waals surface area contributed by atoms with Crippen LogP contribution in [-0.2, 0) is 42.5 Å². The monoisotopic (exact) mass is 631 g/mol. The van der Waals surface area contributed by atoms with Crippen LogP contribution in [0.15, 0.2) is 46.4 Å². The Hall–Kier alpha value is -1.69. The van der Waals surface area contributed by atoms with Crippen LogP contribution < -0.4 is 37.2 Å². The number of aliphatic imine (C=N–C) groups is 2. The molecule has 0 amide bonds. The van der Waals surface area contributed by atoms with E-state index in [0.29, 0.717) is 0 Å². The Labute approximate surface area is 265 Å². The van der Waals surface area contributed by atoms with Crippen LogP contribution in [0.3, 0.4) is 0 Å². The van der Waals surface area contributed by atoms with Crippen molar-refractivity contribution in [2.45, 2.75) is 88.0 Å². The minimum atomic E-state index is 0. The van der Waals surface area contributed by atoms with Crippen LogP contribution in [0.1, 0.15) is 91.9 Å². The number of aromatic nitrogens is 1. The first kappa shape index (κ1) is 39.4. The molecule has 2 aromatic carbocycles. The number of rotatable bonds is 8. The molecule has 39 heavy (non-hydrogen) atoms. The molecule has 0 atom stereocenters. The minimum absolute atomic E-state index is 0. The Kier molecular flexibility index (Phi) is 18.1. The van der Waals surface area contributed by atoms with Crippen LogP contribution in [0, 0.1) is 20.8 Å². The van der Waals surface area contributed by atoms with Gasteiger partial charge in [-0.1, -0.05) is 63.1 Å². The van der Waals surface area contributed by atoms with Gasteiger partial charge in [-0.15, -0.1) is 0 Å². The second-order valence-corrected chi connectivity index (χ2v) is 9.59. The van der Waals surface area contributed by atoms with E-state index in [2.05, 4.69) is 98.7 Å². The minimum Gasteiger partial charge on any atom is -1.00 e. The predicted molar refractivity (Wildman–Crippen MR) is 153 cm³/mol. The molecule has 0 fully saturated rings. The van der Waals surface area contributed by atoms with Crippen molar-refractivity contribution in [3.8, 4) is 0 Å². The number of nitrogens with zero attached hydrogens (tertiary/aromatic N) is 3. The zero-order valence-corrected chi connectivity index (χ0v) is 27.9. The topological polar surface area (TPSA) is 37.6 Å². The molecule has 0 aliphatic heterocycles. The second-order valence-electron chi connectivity index (χ2n) is 9.59. The molecule has 0 radical (unpaired) electrons. The molecule has 214 valence electrons. The molecule has 7 heteroatoms. The molecule has 3 nitrogen and oxygen atoms in total. The molecule has 1 aromatic heterocycles. The SMILES string of the molecule is CCc1cc(C)cc(CC)c1N=C(C)c1cc(C)cc(C(C)=Nc2c(CC)cc(C)cc2CC)n1.[Cl-].[Cl-].[Cl-].[Co+3]. The molecule has 0 saturated heterocycles. The average Bonchev–Trinajstić information content (AvgIpc) is 2.84. The first-order chi connectivity index (χ1) is 16.7. The van der Waals surface area contributed by atoms with E-state index in [4.69, 9.17) is 15.0 Å². The zero-order chi connectivity index (χ0) is 25.7. The van der Waals surface area contributed by atoms with Crippen LogP contribution in [0.25, 0.3) is 0 Å². The number of hydrogen-bond acceptors (Lipinski definition) is 3. The molecule has 3 aromatic rings. The number of hydrogen-bond donors (Lipinski definition) is 0. The summed E-state index contributed by atoms with van der Waals surface area (Å²) in [6, 6.07) is 13.3. The summed E-state index contributed by atoms with van der Waals surface area (Å²) in [5.41, 5.74) is 14.9. The van der Waals surface area contributed by atoms with E-state index in [0.717, 1.165) is 59.9 Å². The van der Waals surface area contributed by atoms with Gasteiger partial charge >= 0.3 is 16.8 Å². The van der Waals surface area contributed by atoms with Crippen LogP contribution in [0.4, 0.5) is 11.4 Å². The summed E-state index contributed by atoms with van der Waals surface area (Å²) in [6.07, 6.45) is 3.87. The smallest absolute Gasteiger partial charge is 1.00 e. The van der Waals surface area contributed by atoms with E-state index in [1.807, 2.05) is 0 Å². The Balaban J connectivity index is 0. The maximum Gasteiger partial charge on any atom is 3.00 e. The maximum atomic E-state index is 5.12. The third-order valence-electron chi connectivity index (χ3n) is 6.62. The maximum absolute atomic E-state index is 5.12. The van der Waals surface area contributed by atoms with E-state index in [1.165, 1.54) is 38.9 Å². The molecule has 0 bridgehead atoms. The van der Waals surface area contributed by atoms with Crippen LogP contribution in [0.5, 0.6) is 0 Å². The van der Waals surface area contributed by atoms with Gasteiger partial charge in [0.15, 0.2) is 0 Å². The molecule has 0 unspecified atom stereocenters. The number of aryl methyl sites for hydroxylation is 7. The van der Waals surface area contributed by atoms with Crippen molar-refractivity contribution in [2.24, 2.45) is 9.98 Å². The van der Waals surface area contributed by atoms with E-state index >= 15 is 0 Å². The van der Waals surface area contributed by atoms with Gasteiger partial charge < -0.3 is 37.2 Å². The van der Waals surface area contributed by atoms with Gasteiger partial charge in [0.2, 0.25) is 0 Å². The largest absolute Gasteiger partial charge is 3.00 e. The number of halogens is 3. The van der Waals surface area contributed by atoms with Gasteiger partial charge in [-0.05, 0) is 100 Å². The second kappa shape index (κ2) is 17.9. The van der Waals surface area contributed by atoms with Crippen molar-refractivity contribution in [2.75, 3.05) is 0 Å². The molecule has 0 aliphatic carbocycles. The molecule has 0 saturated carbocycles. The van der Waals surface area contributed by atoms with E-state index < -0.39 is 0 Å². The van der Waals surface area contributed by atoms with Gasteiger partial charge in [0.25, 0.3) is 0 Å². The van der Waals surface area contributed by atoms with Crippen LogP contribution >= 0.6 is 0 Å². The number of pyridine rings is 1. The fourth-order valence-electron chi connectivity index (χ4n) is 4.72. The molecule has 1 heterocycles.